The van der Waals surface area contributed by atoms with E-state index in [4.69, 9.17) is 4.42 Å². The minimum atomic E-state index is 0. The van der Waals surface area contributed by atoms with Crippen LogP contribution in [-0.2, 0) is 11.3 Å². The number of aliphatic imine (C=N–C) groups is 1. The molecule has 1 unspecified atom stereocenters. The van der Waals surface area contributed by atoms with Gasteiger partial charge in [0.15, 0.2) is 5.96 Å². The summed E-state index contributed by atoms with van der Waals surface area (Å²) in [5.41, 5.74) is 3.70. The Morgan fingerprint density at radius 1 is 1.30 bits per heavy atom. The molecule has 1 saturated heterocycles. The van der Waals surface area contributed by atoms with Crippen molar-refractivity contribution in [1.82, 2.24) is 10.2 Å². The van der Waals surface area contributed by atoms with Crippen molar-refractivity contribution in [2.24, 2.45) is 4.99 Å². The van der Waals surface area contributed by atoms with E-state index in [0.717, 1.165) is 55.5 Å². The van der Waals surface area contributed by atoms with Crippen molar-refractivity contribution in [3.63, 3.8) is 0 Å². The Kier molecular flexibility index (Phi) is 7.44. The summed E-state index contributed by atoms with van der Waals surface area (Å²) in [6.45, 7) is 7.27. The van der Waals surface area contributed by atoms with E-state index in [0.29, 0.717) is 24.8 Å². The molecule has 2 aromatic rings. The summed E-state index contributed by atoms with van der Waals surface area (Å²) in [6.07, 6.45) is 2.68. The van der Waals surface area contributed by atoms with Gasteiger partial charge in [-0.2, -0.15) is 0 Å². The minimum absolute atomic E-state index is 0. The number of hydrogen-bond acceptors (Lipinski definition) is 3. The van der Waals surface area contributed by atoms with Gasteiger partial charge in [-0.25, -0.2) is 0 Å². The molecular weight excluding hydrogens is 491 g/mol. The third-order valence-corrected chi connectivity index (χ3v) is 6.04. The van der Waals surface area contributed by atoms with E-state index in [1.807, 2.05) is 25.8 Å². The van der Waals surface area contributed by atoms with Crippen molar-refractivity contribution in [2.45, 2.75) is 45.6 Å². The molecule has 30 heavy (non-hydrogen) atoms. The van der Waals surface area contributed by atoms with Crippen LogP contribution in [0.15, 0.2) is 39.7 Å². The van der Waals surface area contributed by atoms with Gasteiger partial charge in [0.05, 0.1) is 0 Å². The molecule has 0 saturated carbocycles. The highest BCUT2D eigenvalue weighted by molar-refractivity contribution is 14.0. The van der Waals surface area contributed by atoms with Crippen molar-refractivity contribution < 1.29 is 9.21 Å². The molecule has 4 rings (SSSR count). The average Bonchev–Trinajstić information content (AvgIpc) is 3.38. The number of halogens is 1. The van der Waals surface area contributed by atoms with Gasteiger partial charge in [0.2, 0.25) is 5.91 Å². The normalized spacial score (nSPS) is 18.6. The first kappa shape index (κ1) is 22.7. The van der Waals surface area contributed by atoms with Gasteiger partial charge < -0.3 is 19.5 Å². The zero-order valence-corrected chi connectivity index (χ0v) is 20.3. The SMILES string of the molecule is CN=C(NCc1cc(C)oc1C)N1CC(CCN2CCCC2=O)c2ccccc21.I. The number of para-hydroxylation sites is 1. The van der Waals surface area contributed by atoms with Crippen LogP contribution >= 0.6 is 24.0 Å². The first-order valence-corrected chi connectivity index (χ1v) is 10.5. The Hall–Kier alpha value is -2.03. The summed E-state index contributed by atoms with van der Waals surface area (Å²) < 4.78 is 5.64. The number of hydrogen-bond donors (Lipinski definition) is 1. The predicted molar refractivity (Wildman–Crippen MR) is 131 cm³/mol. The molecule has 1 amide bonds. The second-order valence-electron chi connectivity index (χ2n) is 7.98. The lowest BCUT2D eigenvalue weighted by Crippen LogP contribution is -2.40. The molecule has 1 fully saturated rings. The van der Waals surface area contributed by atoms with E-state index in [-0.39, 0.29) is 24.0 Å². The van der Waals surface area contributed by atoms with Crippen LogP contribution in [0.5, 0.6) is 0 Å². The molecule has 2 aliphatic heterocycles. The predicted octanol–water partition coefficient (Wildman–Crippen LogP) is 4.21. The number of furan rings is 1. The number of anilines is 1. The zero-order valence-electron chi connectivity index (χ0n) is 18.0. The third-order valence-electron chi connectivity index (χ3n) is 6.04. The van der Waals surface area contributed by atoms with Crippen LogP contribution in [0.2, 0.25) is 0 Å². The third kappa shape index (κ3) is 4.66. The van der Waals surface area contributed by atoms with Gasteiger partial charge in [-0.05, 0) is 44.4 Å². The van der Waals surface area contributed by atoms with Gasteiger partial charge in [0.25, 0.3) is 0 Å². The number of amides is 1. The van der Waals surface area contributed by atoms with Crippen LogP contribution in [0, 0.1) is 13.8 Å². The fraction of sp³-hybridized carbons (Fsp3) is 0.478. The van der Waals surface area contributed by atoms with Gasteiger partial charge >= 0.3 is 0 Å². The van der Waals surface area contributed by atoms with Crippen LogP contribution in [0.1, 0.15) is 47.8 Å². The highest BCUT2D eigenvalue weighted by atomic mass is 127. The summed E-state index contributed by atoms with van der Waals surface area (Å²) >= 11 is 0. The molecule has 162 valence electrons. The highest BCUT2D eigenvalue weighted by Gasteiger charge is 2.32. The first-order chi connectivity index (χ1) is 14.1. The van der Waals surface area contributed by atoms with Crippen molar-refractivity contribution in [1.29, 1.82) is 0 Å². The van der Waals surface area contributed by atoms with Gasteiger partial charge in [0.1, 0.15) is 11.5 Å². The molecule has 1 N–H and O–H groups in total. The van der Waals surface area contributed by atoms with Crippen LogP contribution in [-0.4, -0.2) is 43.4 Å². The van der Waals surface area contributed by atoms with E-state index in [1.54, 1.807) is 0 Å². The molecule has 1 aromatic heterocycles. The van der Waals surface area contributed by atoms with E-state index >= 15 is 0 Å². The molecule has 0 aliphatic carbocycles. The lowest BCUT2D eigenvalue weighted by molar-refractivity contribution is -0.127. The molecule has 1 aromatic carbocycles. The Bertz CT molecular complexity index is 924. The maximum Gasteiger partial charge on any atom is 0.222 e. The molecule has 0 bridgehead atoms. The number of aryl methyl sites for hydroxylation is 2. The first-order valence-electron chi connectivity index (χ1n) is 10.5. The number of nitrogens with one attached hydrogen (secondary N) is 1. The van der Waals surface area contributed by atoms with Crippen molar-refractivity contribution >= 4 is 41.5 Å². The van der Waals surface area contributed by atoms with Crippen LogP contribution in [0.3, 0.4) is 0 Å². The summed E-state index contributed by atoms with van der Waals surface area (Å²) in [5, 5.41) is 3.50. The van der Waals surface area contributed by atoms with E-state index in [9.17, 15) is 4.79 Å². The summed E-state index contributed by atoms with van der Waals surface area (Å²) in [6, 6.07) is 10.6. The molecular formula is C23H31IN4O2. The molecule has 6 nitrogen and oxygen atoms in total. The number of fused-ring (bicyclic) bond motifs is 1. The highest BCUT2D eigenvalue weighted by Crippen LogP contribution is 2.38. The standard InChI is InChI=1S/C23H30N4O2.HI/c1-16-13-19(17(2)29-16)14-25-23(24-3)27-15-18(20-7-4-5-8-21(20)27)10-12-26-11-6-9-22(26)28;/h4-5,7-8,13,18H,6,9-12,14-15H2,1-3H3,(H,24,25);1H. The minimum Gasteiger partial charge on any atom is -0.466 e. The fourth-order valence-corrected chi connectivity index (χ4v) is 4.52. The zero-order chi connectivity index (χ0) is 20.4. The molecule has 7 heteroatoms. The number of carbonyl (C=O) groups excluding carboxylic acids is 1. The topological polar surface area (TPSA) is 61.1 Å². The monoisotopic (exact) mass is 522 g/mol. The number of benzene rings is 1. The largest absolute Gasteiger partial charge is 0.466 e. The summed E-state index contributed by atoms with van der Waals surface area (Å²) in [5.74, 6) is 3.45. The van der Waals surface area contributed by atoms with Crippen molar-refractivity contribution in [3.8, 4) is 0 Å². The molecule has 0 spiro atoms. The van der Waals surface area contributed by atoms with Crippen LogP contribution < -0.4 is 10.2 Å². The Morgan fingerprint density at radius 3 is 2.77 bits per heavy atom. The van der Waals surface area contributed by atoms with Gasteiger partial charge in [-0.15, -0.1) is 24.0 Å². The number of likely N-dealkylation sites (tertiary alicyclic amines) is 1. The molecule has 1 atom stereocenters. The Labute approximate surface area is 195 Å². The Balaban J connectivity index is 0.00000256. The van der Waals surface area contributed by atoms with Crippen LogP contribution in [0.25, 0.3) is 0 Å². The second kappa shape index (κ2) is 9.85. The maximum atomic E-state index is 12.0. The van der Waals surface area contributed by atoms with Crippen molar-refractivity contribution in [3.05, 3.63) is 53.0 Å². The number of nitrogens with zero attached hydrogens (tertiary/aromatic N) is 3. The number of carbonyl (C=O) groups is 1. The smallest absolute Gasteiger partial charge is 0.222 e. The number of rotatable bonds is 5. The van der Waals surface area contributed by atoms with E-state index in [1.165, 1.54) is 11.3 Å². The molecule has 2 aliphatic rings. The van der Waals surface area contributed by atoms with Gasteiger partial charge in [-0.3, -0.25) is 9.79 Å². The van der Waals surface area contributed by atoms with Gasteiger partial charge in [0, 0.05) is 56.8 Å². The average molecular weight is 522 g/mol. The number of guanidine groups is 1. The quantitative estimate of drug-likeness (QED) is 0.363. The molecule has 3 heterocycles. The van der Waals surface area contributed by atoms with E-state index < -0.39 is 0 Å². The van der Waals surface area contributed by atoms with Crippen molar-refractivity contribution in [2.75, 3.05) is 31.6 Å². The second-order valence-corrected chi connectivity index (χ2v) is 7.98. The lowest BCUT2D eigenvalue weighted by Gasteiger charge is -2.23. The molecule has 0 radical (unpaired) electrons. The van der Waals surface area contributed by atoms with Crippen LogP contribution in [0.4, 0.5) is 5.69 Å². The maximum absolute atomic E-state index is 12.0. The van der Waals surface area contributed by atoms with E-state index in [2.05, 4.69) is 45.5 Å². The Morgan fingerprint density at radius 2 is 2.10 bits per heavy atom. The van der Waals surface area contributed by atoms with Gasteiger partial charge in [-0.1, -0.05) is 18.2 Å². The summed E-state index contributed by atoms with van der Waals surface area (Å²) in [7, 11) is 1.83. The lowest BCUT2D eigenvalue weighted by atomic mass is 9.98. The summed E-state index contributed by atoms with van der Waals surface area (Å²) in [4.78, 5) is 20.8. The fourth-order valence-electron chi connectivity index (χ4n) is 4.52.